The van der Waals surface area contributed by atoms with E-state index in [-0.39, 0.29) is 23.5 Å². The van der Waals surface area contributed by atoms with Crippen LogP contribution < -0.4 is 10.6 Å². The van der Waals surface area contributed by atoms with E-state index in [0.717, 1.165) is 55.6 Å². The van der Waals surface area contributed by atoms with Crippen LogP contribution in [0.3, 0.4) is 0 Å². The van der Waals surface area contributed by atoms with Crippen molar-refractivity contribution in [1.29, 1.82) is 0 Å². The topological polar surface area (TPSA) is 97.4 Å². The number of ether oxygens (including phenoxy) is 1. The molecule has 31 heavy (non-hydrogen) atoms. The number of nitrogens with zero attached hydrogens (tertiary/aromatic N) is 1. The van der Waals surface area contributed by atoms with Gasteiger partial charge in [0.25, 0.3) is 5.91 Å². The van der Waals surface area contributed by atoms with Crippen molar-refractivity contribution in [3.63, 3.8) is 0 Å². The first kappa shape index (κ1) is 22.8. The van der Waals surface area contributed by atoms with Gasteiger partial charge < -0.3 is 10.1 Å². The van der Waals surface area contributed by atoms with E-state index in [0.29, 0.717) is 11.3 Å². The van der Waals surface area contributed by atoms with Crippen molar-refractivity contribution in [3.05, 3.63) is 35.2 Å². The minimum Gasteiger partial charge on any atom is -0.451 e. The largest absolute Gasteiger partial charge is 0.451 e. The van der Waals surface area contributed by atoms with E-state index in [4.69, 9.17) is 4.74 Å². The van der Waals surface area contributed by atoms with E-state index < -0.39 is 29.6 Å². The zero-order valence-corrected chi connectivity index (χ0v) is 17.8. The van der Waals surface area contributed by atoms with Crippen molar-refractivity contribution in [3.8, 4) is 11.3 Å². The predicted octanol–water partition coefficient (Wildman–Crippen LogP) is 3.66. The molecule has 166 valence electrons. The monoisotopic (exact) mass is 451 g/mol. The minimum absolute atomic E-state index is 0.0732. The van der Waals surface area contributed by atoms with Crippen LogP contribution in [0.4, 0.5) is 13.9 Å². The lowest BCUT2D eigenvalue weighted by Gasteiger charge is -2.20. The summed E-state index contributed by atoms with van der Waals surface area (Å²) >= 11 is 1.09. The predicted molar refractivity (Wildman–Crippen MR) is 111 cm³/mol. The highest BCUT2D eigenvalue weighted by molar-refractivity contribution is 7.14. The second-order valence-electron chi connectivity index (χ2n) is 7.34. The maximum absolute atomic E-state index is 13.4. The number of thiazole rings is 1. The van der Waals surface area contributed by atoms with E-state index >= 15 is 0 Å². The molecule has 2 amide bonds. The summed E-state index contributed by atoms with van der Waals surface area (Å²) in [6.45, 7) is 1.10. The number of aromatic nitrogens is 1. The van der Waals surface area contributed by atoms with Gasteiger partial charge in [0.15, 0.2) is 22.9 Å². The van der Waals surface area contributed by atoms with Crippen LogP contribution in [0, 0.1) is 17.6 Å². The molecule has 0 spiro atoms. The third kappa shape index (κ3) is 6.30. The molecule has 3 rings (SSSR count). The Labute approximate surface area is 182 Å². The Bertz CT molecular complexity index is 960. The minimum atomic E-state index is -1.10. The molecule has 1 saturated carbocycles. The van der Waals surface area contributed by atoms with Gasteiger partial charge in [-0.05, 0) is 38.0 Å². The highest BCUT2D eigenvalue weighted by atomic mass is 32.1. The molecule has 0 saturated heterocycles. The zero-order chi connectivity index (χ0) is 22.4. The van der Waals surface area contributed by atoms with Gasteiger partial charge in [-0.1, -0.05) is 19.3 Å². The number of anilines is 1. The lowest BCUT2D eigenvalue weighted by molar-refractivity contribution is -0.153. The Hall–Kier alpha value is -2.88. The zero-order valence-electron chi connectivity index (χ0n) is 17.0. The molecule has 10 heteroatoms. The molecule has 1 fully saturated rings. The van der Waals surface area contributed by atoms with Crippen molar-refractivity contribution in [1.82, 2.24) is 10.3 Å². The Morgan fingerprint density at radius 2 is 1.94 bits per heavy atom. The van der Waals surface area contributed by atoms with Crippen molar-refractivity contribution in [2.45, 2.75) is 45.1 Å². The van der Waals surface area contributed by atoms with Crippen LogP contribution in [0.25, 0.3) is 11.3 Å². The molecule has 1 aliphatic rings. The Balaban J connectivity index is 1.46. The molecule has 1 heterocycles. The van der Waals surface area contributed by atoms with Crippen LogP contribution in [0.1, 0.15) is 39.0 Å². The summed E-state index contributed by atoms with van der Waals surface area (Å²) in [6.07, 6.45) is 3.68. The van der Waals surface area contributed by atoms with Crippen LogP contribution in [-0.4, -0.2) is 35.4 Å². The molecule has 0 unspecified atom stereocenters. The number of amides is 2. The molecular weight excluding hydrogens is 428 g/mol. The molecule has 0 radical (unpaired) electrons. The van der Waals surface area contributed by atoms with E-state index in [1.165, 1.54) is 13.0 Å². The van der Waals surface area contributed by atoms with E-state index in [1.807, 2.05) is 0 Å². The molecule has 1 aliphatic carbocycles. The molecule has 0 aliphatic heterocycles. The summed E-state index contributed by atoms with van der Waals surface area (Å²) in [5.74, 6) is -3.51. The molecular formula is C21H23F2N3O4S. The Morgan fingerprint density at radius 3 is 2.65 bits per heavy atom. The molecule has 2 N–H and O–H groups in total. The summed E-state index contributed by atoms with van der Waals surface area (Å²) < 4.78 is 31.5. The smallest absolute Gasteiger partial charge is 0.326 e. The van der Waals surface area contributed by atoms with Gasteiger partial charge in [-0.15, -0.1) is 11.3 Å². The van der Waals surface area contributed by atoms with Crippen molar-refractivity contribution >= 4 is 34.3 Å². The number of esters is 1. The summed E-state index contributed by atoms with van der Waals surface area (Å²) in [4.78, 5) is 40.4. The lowest BCUT2D eigenvalue weighted by atomic mass is 9.89. The first-order valence-corrected chi connectivity index (χ1v) is 10.9. The van der Waals surface area contributed by atoms with Gasteiger partial charge in [-0.25, -0.2) is 13.8 Å². The third-order valence-electron chi connectivity index (χ3n) is 5.01. The van der Waals surface area contributed by atoms with Crippen LogP contribution in [-0.2, 0) is 19.1 Å². The van der Waals surface area contributed by atoms with Crippen LogP contribution >= 0.6 is 11.3 Å². The average Bonchev–Trinajstić information content (AvgIpc) is 3.23. The first-order valence-electron chi connectivity index (χ1n) is 10.0. The fourth-order valence-corrected chi connectivity index (χ4v) is 4.01. The number of carbonyl (C=O) groups is 3. The van der Waals surface area contributed by atoms with Crippen molar-refractivity contribution in [2.24, 2.45) is 5.92 Å². The standard InChI is InChI=1S/C21H23F2N3O4S/c1-12(30-18(27)10-24-20(29)13-5-3-2-4-6-13)19(28)26-21-25-17(11-31-21)14-7-8-15(22)16(23)9-14/h7-9,11-13H,2-6,10H2,1H3,(H,24,29)(H,25,26,28)/t12-/m0/s1. The number of nitrogens with one attached hydrogen (secondary N) is 2. The highest BCUT2D eigenvalue weighted by Gasteiger charge is 2.23. The van der Waals surface area contributed by atoms with E-state index in [2.05, 4.69) is 15.6 Å². The van der Waals surface area contributed by atoms with E-state index in [1.54, 1.807) is 5.38 Å². The lowest BCUT2D eigenvalue weighted by Crippen LogP contribution is -2.38. The molecule has 1 aromatic carbocycles. The number of benzene rings is 1. The summed E-state index contributed by atoms with van der Waals surface area (Å²) in [5.41, 5.74) is 0.734. The second kappa shape index (κ2) is 10.4. The van der Waals surface area contributed by atoms with Gasteiger partial charge in [0.05, 0.1) is 5.69 Å². The van der Waals surface area contributed by atoms with Crippen molar-refractivity contribution in [2.75, 3.05) is 11.9 Å². The number of hydrogen-bond acceptors (Lipinski definition) is 6. The van der Waals surface area contributed by atoms with Gasteiger partial charge in [0.1, 0.15) is 6.54 Å². The van der Waals surface area contributed by atoms with Gasteiger partial charge >= 0.3 is 5.97 Å². The molecule has 0 bridgehead atoms. The Morgan fingerprint density at radius 1 is 1.19 bits per heavy atom. The summed E-state index contributed by atoms with van der Waals surface area (Å²) in [5, 5.41) is 6.88. The van der Waals surface area contributed by atoms with Crippen LogP contribution in [0.2, 0.25) is 0 Å². The Kier molecular flexibility index (Phi) is 7.67. The SMILES string of the molecule is C[C@H](OC(=O)CNC(=O)C1CCCCC1)C(=O)Nc1nc(-c2ccc(F)c(F)c2)cs1. The van der Waals surface area contributed by atoms with Gasteiger partial charge in [0.2, 0.25) is 5.91 Å². The average molecular weight is 451 g/mol. The maximum atomic E-state index is 13.4. The molecule has 1 aromatic heterocycles. The number of hydrogen-bond donors (Lipinski definition) is 2. The van der Waals surface area contributed by atoms with Crippen LogP contribution in [0.15, 0.2) is 23.6 Å². The number of halogens is 2. The first-order chi connectivity index (χ1) is 14.8. The van der Waals surface area contributed by atoms with Crippen LogP contribution in [0.5, 0.6) is 0 Å². The third-order valence-corrected chi connectivity index (χ3v) is 5.77. The highest BCUT2D eigenvalue weighted by Crippen LogP contribution is 2.26. The second-order valence-corrected chi connectivity index (χ2v) is 8.20. The summed E-state index contributed by atoms with van der Waals surface area (Å²) in [6, 6.07) is 3.39. The fourth-order valence-electron chi connectivity index (χ4n) is 3.29. The fraction of sp³-hybridized carbons (Fsp3) is 0.429. The molecule has 1 atom stereocenters. The summed E-state index contributed by atoms with van der Waals surface area (Å²) in [7, 11) is 0. The quantitative estimate of drug-likeness (QED) is 0.627. The molecule has 2 aromatic rings. The number of rotatable bonds is 7. The van der Waals surface area contributed by atoms with Crippen molar-refractivity contribution < 1.29 is 27.9 Å². The maximum Gasteiger partial charge on any atom is 0.326 e. The van der Waals surface area contributed by atoms with E-state index in [9.17, 15) is 23.2 Å². The van der Waals surface area contributed by atoms with Gasteiger partial charge in [-0.3, -0.25) is 19.7 Å². The van der Waals surface area contributed by atoms with Gasteiger partial charge in [-0.2, -0.15) is 0 Å². The normalized spacial score (nSPS) is 15.2. The number of carbonyl (C=O) groups excluding carboxylic acids is 3. The molecule has 7 nitrogen and oxygen atoms in total. The van der Waals surface area contributed by atoms with Gasteiger partial charge in [0, 0.05) is 16.9 Å².